The number of carbonyl (C=O) groups excluding carboxylic acids is 1. The number of aliphatic hydroxyl groups excluding tert-OH is 1. The van der Waals surface area contributed by atoms with E-state index in [0.717, 1.165) is 0 Å². The molecule has 0 bridgehead atoms. The second-order valence-corrected chi connectivity index (χ2v) is 8.88. The van der Waals surface area contributed by atoms with Crippen molar-refractivity contribution in [3.8, 4) is 0 Å². The number of rotatable bonds is 8. The SMILES string of the molecule is C=C1[C@H](CO[P@@H](=O)N[C@@H](C)C(=O)OC(C)C)[C@@H](O)C[C@@H]1n1cnc2c(=O)[nH]c(N)nc21. The quantitative estimate of drug-likeness (QED) is 0.250. The van der Waals surface area contributed by atoms with Crippen LogP contribution in [0.1, 0.15) is 33.2 Å². The molecule has 31 heavy (non-hydrogen) atoms. The van der Waals surface area contributed by atoms with Crippen LogP contribution in [0.4, 0.5) is 5.95 Å². The maximum atomic E-state index is 12.2. The minimum Gasteiger partial charge on any atom is -0.462 e. The number of nitrogen functional groups attached to an aromatic ring is 1. The Bertz CT molecular complexity index is 1070. The number of nitrogens with two attached hydrogens (primary N) is 1. The molecule has 0 amide bonds. The van der Waals surface area contributed by atoms with E-state index in [4.69, 9.17) is 15.0 Å². The average Bonchev–Trinajstić information content (AvgIpc) is 3.20. The van der Waals surface area contributed by atoms with E-state index in [1.54, 1.807) is 18.4 Å². The zero-order chi connectivity index (χ0) is 22.9. The zero-order valence-electron chi connectivity index (χ0n) is 17.5. The summed E-state index contributed by atoms with van der Waals surface area (Å²) in [5.41, 5.74) is 6.22. The van der Waals surface area contributed by atoms with Gasteiger partial charge in [-0.1, -0.05) is 6.58 Å². The fourth-order valence-corrected chi connectivity index (χ4v) is 4.38. The number of imidazole rings is 1. The minimum absolute atomic E-state index is 0.0434. The van der Waals surface area contributed by atoms with Gasteiger partial charge >= 0.3 is 5.97 Å². The highest BCUT2D eigenvalue weighted by Crippen LogP contribution is 2.41. The highest BCUT2D eigenvalue weighted by molar-refractivity contribution is 7.36. The third-order valence-corrected chi connectivity index (χ3v) is 6.15. The normalized spacial score (nSPS) is 23.4. The lowest BCUT2D eigenvalue weighted by Gasteiger charge is -2.19. The Morgan fingerprint density at radius 1 is 1.52 bits per heavy atom. The van der Waals surface area contributed by atoms with E-state index >= 15 is 0 Å². The highest BCUT2D eigenvalue weighted by atomic mass is 31.1. The lowest BCUT2D eigenvalue weighted by atomic mass is 10.0. The van der Waals surface area contributed by atoms with E-state index in [9.17, 15) is 19.3 Å². The largest absolute Gasteiger partial charge is 0.462 e. The number of carbonyl (C=O) groups is 1. The smallest absolute Gasteiger partial charge is 0.323 e. The van der Waals surface area contributed by atoms with Crippen molar-refractivity contribution in [2.24, 2.45) is 5.92 Å². The number of ether oxygens (including phenoxy) is 1. The number of nitrogens with zero attached hydrogens (tertiary/aromatic N) is 3. The van der Waals surface area contributed by atoms with Gasteiger partial charge in [0.05, 0.1) is 31.2 Å². The van der Waals surface area contributed by atoms with Gasteiger partial charge in [-0.25, -0.2) is 10.1 Å². The molecule has 0 aromatic carbocycles. The van der Waals surface area contributed by atoms with E-state index in [1.807, 2.05) is 0 Å². The van der Waals surface area contributed by atoms with Gasteiger partial charge in [0, 0.05) is 5.92 Å². The first-order chi connectivity index (χ1) is 14.6. The topological polar surface area (TPSA) is 174 Å². The van der Waals surface area contributed by atoms with Gasteiger partial charge in [0.15, 0.2) is 11.2 Å². The predicted octanol–water partition coefficient (Wildman–Crippen LogP) is 0.516. The monoisotopic (exact) mass is 454 g/mol. The van der Waals surface area contributed by atoms with Crippen LogP contribution in [0.15, 0.2) is 23.3 Å². The average molecular weight is 454 g/mol. The van der Waals surface area contributed by atoms with Gasteiger partial charge in [-0.05, 0) is 32.8 Å². The van der Waals surface area contributed by atoms with Gasteiger partial charge in [0.25, 0.3) is 13.7 Å². The van der Waals surface area contributed by atoms with Crippen molar-refractivity contribution in [3.05, 3.63) is 28.8 Å². The Morgan fingerprint density at radius 2 is 2.23 bits per heavy atom. The number of fused-ring (bicyclic) bond motifs is 1. The molecule has 0 unspecified atom stereocenters. The summed E-state index contributed by atoms with van der Waals surface area (Å²) < 4.78 is 24.3. The third kappa shape index (κ3) is 5.04. The number of aliphatic hydroxyl groups is 1. The van der Waals surface area contributed by atoms with Crippen LogP contribution < -0.4 is 16.4 Å². The molecule has 170 valence electrons. The Labute approximate surface area is 178 Å². The molecule has 2 aromatic heterocycles. The van der Waals surface area contributed by atoms with Gasteiger partial charge in [-0.3, -0.25) is 19.1 Å². The fraction of sp³-hybridized carbons (Fsp3) is 0.556. The summed E-state index contributed by atoms with van der Waals surface area (Å²) in [5.74, 6) is -1.08. The van der Waals surface area contributed by atoms with Crippen molar-refractivity contribution in [1.82, 2.24) is 24.6 Å². The number of anilines is 1. The fourth-order valence-electron chi connectivity index (χ4n) is 3.50. The molecule has 3 rings (SSSR count). The van der Waals surface area contributed by atoms with E-state index in [2.05, 4.69) is 26.6 Å². The molecule has 0 aliphatic heterocycles. The standard InChI is InChI=1S/C18H27N6O6P/c1-8(2)30-17(27)10(4)23-31(28)29-6-11-9(3)12(5-13(11)25)24-7-20-14-15(24)21-18(19)22-16(14)26/h7-8,10-13,25,31H,3,5-6H2,1-2,4H3,(H,23,28)(H3,19,21,22,26)/t10-,11-,12-,13-/m0/s1. The lowest BCUT2D eigenvalue weighted by Crippen LogP contribution is -2.33. The van der Waals surface area contributed by atoms with Crippen molar-refractivity contribution >= 4 is 31.3 Å². The summed E-state index contributed by atoms with van der Waals surface area (Å²) in [6, 6.07) is -1.19. The first-order valence-corrected chi connectivity index (χ1v) is 11.1. The van der Waals surface area contributed by atoms with Crippen LogP contribution in [0.25, 0.3) is 11.2 Å². The molecule has 0 saturated heterocycles. The van der Waals surface area contributed by atoms with Gasteiger partial charge in [-0.2, -0.15) is 4.98 Å². The van der Waals surface area contributed by atoms with E-state index in [1.165, 1.54) is 13.3 Å². The highest BCUT2D eigenvalue weighted by Gasteiger charge is 2.39. The molecule has 1 saturated carbocycles. The number of H-pyrrole nitrogens is 1. The first-order valence-electron chi connectivity index (χ1n) is 9.81. The molecule has 2 heterocycles. The number of esters is 1. The summed E-state index contributed by atoms with van der Waals surface area (Å²) in [5, 5.41) is 13.1. The molecule has 1 aliphatic rings. The van der Waals surface area contributed by atoms with Gasteiger partial charge < -0.3 is 24.7 Å². The zero-order valence-corrected chi connectivity index (χ0v) is 18.5. The lowest BCUT2D eigenvalue weighted by molar-refractivity contribution is -0.149. The molecular weight excluding hydrogens is 427 g/mol. The summed E-state index contributed by atoms with van der Waals surface area (Å²) >= 11 is 0. The molecule has 2 aromatic rings. The second-order valence-electron chi connectivity index (χ2n) is 7.73. The van der Waals surface area contributed by atoms with Crippen molar-refractivity contribution in [2.75, 3.05) is 12.3 Å². The van der Waals surface area contributed by atoms with E-state index < -0.39 is 43.8 Å². The van der Waals surface area contributed by atoms with E-state index in [-0.39, 0.29) is 36.2 Å². The molecular formula is C18H27N6O6P. The number of hydrogen-bond acceptors (Lipinski definition) is 9. The molecule has 5 atom stereocenters. The second kappa shape index (κ2) is 9.31. The Morgan fingerprint density at radius 3 is 2.90 bits per heavy atom. The van der Waals surface area contributed by atoms with Gasteiger partial charge in [0.1, 0.15) is 6.04 Å². The van der Waals surface area contributed by atoms with Crippen molar-refractivity contribution in [1.29, 1.82) is 0 Å². The Hall–Kier alpha value is -2.53. The Kier molecular flexibility index (Phi) is 6.95. The molecule has 1 fully saturated rings. The van der Waals surface area contributed by atoms with Crippen LogP contribution in [-0.2, 0) is 18.6 Å². The van der Waals surface area contributed by atoms with Crippen LogP contribution in [0.5, 0.6) is 0 Å². The van der Waals surface area contributed by atoms with Gasteiger partial charge in [0.2, 0.25) is 5.95 Å². The summed E-state index contributed by atoms with van der Waals surface area (Å²) in [4.78, 5) is 34.4. The van der Waals surface area contributed by atoms with Gasteiger partial charge in [-0.15, -0.1) is 0 Å². The van der Waals surface area contributed by atoms with Crippen LogP contribution in [0.2, 0.25) is 0 Å². The molecule has 5 N–H and O–H groups in total. The van der Waals surface area contributed by atoms with Crippen LogP contribution >= 0.6 is 8.18 Å². The molecule has 1 aliphatic carbocycles. The van der Waals surface area contributed by atoms with Crippen molar-refractivity contribution < 1.29 is 23.7 Å². The van der Waals surface area contributed by atoms with E-state index in [0.29, 0.717) is 5.57 Å². The molecule has 12 nitrogen and oxygen atoms in total. The van der Waals surface area contributed by atoms with Crippen molar-refractivity contribution in [3.63, 3.8) is 0 Å². The number of aromatic nitrogens is 4. The first kappa shape index (κ1) is 23.1. The maximum absolute atomic E-state index is 12.2. The summed E-state index contributed by atoms with van der Waals surface area (Å²) in [6.45, 7) is 8.96. The summed E-state index contributed by atoms with van der Waals surface area (Å²) in [6.07, 6.45) is 0.643. The molecule has 0 spiro atoms. The maximum Gasteiger partial charge on any atom is 0.323 e. The van der Waals surface area contributed by atoms with Crippen molar-refractivity contribution in [2.45, 2.75) is 51.5 Å². The van der Waals surface area contributed by atoms with Crippen LogP contribution in [-0.4, -0.2) is 55.5 Å². The van der Waals surface area contributed by atoms with Crippen LogP contribution in [0.3, 0.4) is 0 Å². The minimum atomic E-state index is -2.76. The Balaban J connectivity index is 1.65. The summed E-state index contributed by atoms with van der Waals surface area (Å²) in [7, 11) is -2.76. The number of hydrogen-bond donors (Lipinski definition) is 4. The number of nitrogens with one attached hydrogen (secondary N) is 2. The van der Waals surface area contributed by atoms with Crippen LogP contribution in [0, 0.1) is 5.92 Å². The molecule has 13 heteroatoms. The predicted molar refractivity (Wildman–Crippen MR) is 114 cm³/mol. The molecule has 0 radical (unpaired) electrons. The third-order valence-electron chi connectivity index (χ3n) is 5.05. The number of aromatic amines is 1.